The Morgan fingerprint density at radius 3 is 2.10 bits per heavy atom. The number of likely N-dealkylation sites (N-methyl/N-ethyl adjacent to an activating group) is 1. The number of benzene rings is 1. The zero-order chi connectivity index (χ0) is 16.3. The van der Waals surface area contributed by atoms with Gasteiger partial charge in [0, 0.05) is 5.41 Å². The molecule has 0 saturated carbocycles. The van der Waals surface area contributed by atoms with Gasteiger partial charge in [0.25, 0.3) is 0 Å². The number of alkyl halides is 1. The summed E-state index contributed by atoms with van der Waals surface area (Å²) in [5, 5.41) is 5.83. The van der Waals surface area contributed by atoms with Crippen LogP contribution in [-0.4, -0.2) is 30.7 Å². The molecule has 0 aliphatic heterocycles. The number of carbonyl (C=O) groups is 1. The van der Waals surface area contributed by atoms with Crippen LogP contribution in [0.5, 0.6) is 0 Å². The van der Waals surface area contributed by atoms with E-state index in [1.165, 1.54) is 13.8 Å². The molecule has 2 N–H and O–H groups in total. The van der Waals surface area contributed by atoms with Crippen LogP contribution in [0.15, 0.2) is 30.3 Å². The van der Waals surface area contributed by atoms with Crippen molar-refractivity contribution in [2.24, 2.45) is 0 Å². The van der Waals surface area contributed by atoms with Gasteiger partial charge in [0.2, 0.25) is 5.91 Å². The van der Waals surface area contributed by atoms with Gasteiger partial charge in [-0.15, -0.1) is 0 Å². The molecule has 0 saturated heterocycles. The highest BCUT2D eigenvalue weighted by atomic mass is 19.1. The van der Waals surface area contributed by atoms with Crippen LogP contribution in [0.1, 0.15) is 40.2 Å². The third kappa shape index (κ3) is 4.27. The summed E-state index contributed by atoms with van der Waals surface area (Å²) in [4.78, 5) is 12.5. The Morgan fingerprint density at radius 1 is 1.14 bits per heavy atom. The summed E-state index contributed by atoms with van der Waals surface area (Å²) < 4.78 is 13.9. The molecule has 4 heteroatoms. The third-order valence-corrected chi connectivity index (χ3v) is 4.18. The number of rotatable bonds is 6. The fourth-order valence-electron chi connectivity index (χ4n) is 2.32. The molecule has 1 aromatic rings. The maximum absolute atomic E-state index is 13.9. The zero-order valence-corrected chi connectivity index (χ0v) is 13.8. The summed E-state index contributed by atoms with van der Waals surface area (Å²) in [6.07, 6.45) is 0. The maximum atomic E-state index is 13.9. The van der Waals surface area contributed by atoms with Crippen LogP contribution in [0.25, 0.3) is 0 Å². The van der Waals surface area contributed by atoms with Gasteiger partial charge in [-0.3, -0.25) is 4.79 Å². The predicted molar refractivity (Wildman–Crippen MR) is 85.1 cm³/mol. The Kier molecular flexibility index (Phi) is 5.51. The van der Waals surface area contributed by atoms with Crippen molar-refractivity contribution in [1.82, 2.24) is 10.6 Å². The normalized spacial score (nSPS) is 15.4. The lowest BCUT2D eigenvalue weighted by Gasteiger charge is -2.35. The van der Waals surface area contributed by atoms with Crippen molar-refractivity contribution >= 4 is 5.91 Å². The van der Waals surface area contributed by atoms with Crippen LogP contribution >= 0.6 is 0 Å². The molecule has 1 rings (SSSR count). The zero-order valence-electron chi connectivity index (χ0n) is 13.8. The summed E-state index contributed by atoms with van der Waals surface area (Å²) in [5.74, 6) is -0.190. The summed E-state index contributed by atoms with van der Waals surface area (Å²) >= 11 is 0. The lowest BCUT2D eigenvalue weighted by Crippen LogP contribution is -2.57. The lowest BCUT2D eigenvalue weighted by molar-refractivity contribution is -0.126. The predicted octanol–water partition coefficient (Wildman–Crippen LogP) is 2.81. The van der Waals surface area contributed by atoms with Gasteiger partial charge in [0.15, 0.2) is 0 Å². The topological polar surface area (TPSA) is 41.1 Å². The minimum Gasteiger partial charge on any atom is -0.349 e. The average Bonchev–Trinajstić information content (AvgIpc) is 2.39. The van der Waals surface area contributed by atoms with Crippen molar-refractivity contribution in [1.29, 1.82) is 0 Å². The molecular formula is C17H27FN2O. The quantitative estimate of drug-likeness (QED) is 0.847. The van der Waals surface area contributed by atoms with Gasteiger partial charge >= 0.3 is 0 Å². The third-order valence-electron chi connectivity index (χ3n) is 4.18. The van der Waals surface area contributed by atoms with E-state index in [0.717, 1.165) is 5.56 Å². The van der Waals surface area contributed by atoms with E-state index in [2.05, 4.69) is 10.6 Å². The maximum Gasteiger partial charge on any atom is 0.238 e. The molecule has 118 valence electrons. The number of hydrogen-bond acceptors (Lipinski definition) is 2. The van der Waals surface area contributed by atoms with E-state index in [9.17, 15) is 9.18 Å². The Balaban J connectivity index is 2.94. The summed E-state index contributed by atoms with van der Waals surface area (Å²) in [7, 11) is 1.75. The number of hydrogen-bond donors (Lipinski definition) is 2. The van der Waals surface area contributed by atoms with E-state index in [4.69, 9.17) is 0 Å². The number of nitrogens with one attached hydrogen (secondary N) is 2. The van der Waals surface area contributed by atoms with Crippen LogP contribution in [0.4, 0.5) is 4.39 Å². The summed E-state index contributed by atoms with van der Waals surface area (Å²) in [5.41, 5.74) is -0.794. The van der Waals surface area contributed by atoms with Crippen LogP contribution in [0, 0.1) is 0 Å². The molecule has 1 aromatic carbocycles. The van der Waals surface area contributed by atoms with Crippen LogP contribution in [0.3, 0.4) is 0 Å². The minimum atomic E-state index is -1.45. The second kappa shape index (κ2) is 6.56. The van der Waals surface area contributed by atoms with Crippen molar-refractivity contribution in [2.45, 2.75) is 57.8 Å². The Labute approximate surface area is 127 Å². The molecule has 1 amide bonds. The first-order valence-electron chi connectivity index (χ1n) is 7.32. The monoisotopic (exact) mass is 294 g/mol. The molecule has 1 unspecified atom stereocenters. The fraction of sp³-hybridized carbons (Fsp3) is 0.588. The SMILES string of the molecule is CN[C@H](C(=O)NC(C)C(C)(C)F)C(C)(C)c1ccccc1. The highest BCUT2D eigenvalue weighted by Crippen LogP contribution is 2.27. The molecule has 0 heterocycles. The van der Waals surface area contributed by atoms with Gasteiger partial charge in [-0.2, -0.15) is 0 Å². The second-order valence-electron chi connectivity index (χ2n) is 6.60. The first-order chi connectivity index (χ1) is 9.60. The molecule has 2 atom stereocenters. The molecule has 21 heavy (non-hydrogen) atoms. The number of carbonyl (C=O) groups excluding carboxylic acids is 1. The van der Waals surface area contributed by atoms with Gasteiger partial charge in [0.1, 0.15) is 5.67 Å². The van der Waals surface area contributed by atoms with Gasteiger partial charge in [0.05, 0.1) is 12.1 Å². The fourth-order valence-corrected chi connectivity index (χ4v) is 2.32. The Morgan fingerprint density at radius 2 is 1.67 bits per heavy atom. The van der Waals surface area contributed by atoms with Crippen molar-refractivity contribution in [3.05, 3.63) is 35.9 Å². The number of halogens is 1. The standard InChI is InChI=1S/C17H27FN2O/c1-12(17(4,5)18)20-15(21)14(19-6)16(2,3)13-10-8-7-9-11-13/h7-12,14,19H,1-6H3,(H,20,21)/t12?,14-/m1/s1. The summed E-state index contributed by atoms with van der Waals surface area (Å²) in [6.45, 7) is 8.63. The Hall–Kier alpha value is -1.42. The van der Waals surface area contributed by atoms with Crippen LogP contribution < -0.4 is 10.6 Å². The van der Waals surface area contributed by atoms with E-state index < -0.39 is 23.2 Å². The average molecular weight is 294 g/mol. The van der Waals surface area contributed by atoms with Crippen molar-refractivity contribution < 1.29 is 9.18 Å². The number of amides is 1. The van der Waals surface area contributed by atoms with Crippen molar-refractivity contribution in [2.75, 3.05) is 7.05 Å². The van der Waals surface area contributed by atoms with E-state index in [1.54, 1.807) is 14.0 Å². The van der Waals surface area contributed by atoms with Gasteiger partial charge < -0.3 is 10.6 Å². The van der Waals surface area contributed by atoms with Gasteiger partial charge in [-0.05, 0) is 33.4 Å². The Bertz CT molecular complexity index is 465. The molecule has 0 bridgehead atoms. The molecule has 0 spiro atoms. The van der Waals surface area contributed by atoms with Crippen molar-refractivity contribution in [3.8, 4) is 0 Å². The van der Waals surface area contributed by atoms with E-state index in [0.29, 0.717) is 0 Å². The van der Waals surface area contributed by atoms with Crippen LogP contribution in [-0.2, 0) is 10.2 Å². The van der Waals surface area contributed by atoms with E-state index in [-0.39, 0.29) is 5.91 Å². The van der Waals surface area contributed by atoms with Crippen molar-refractivity contribution in [3.63, 3.8) is 0 Å². The molecule has 3 nitrogen and oxygen atoms in total. The van der Waals surface area contributed by atoms with Gasteiger partial charge in [-0.1, -0.05) is 44.2 Å². The first kappa shape index (κ1) is 17.6. The molecular weight excluding hydrogens is 267 g/mol. The highest BCUT2D eigenvalue weighted by Gasteiger charge is 2.37. The molecule has 0 aliphatic rings. The largest absolute Gasteiger partial charge is 0.349 e. The lowest BCUT2D eigenvalue weighted by atomic mass is 9.77. The van der Waals surface area contributed by atoms with Crippen LogP contribution in [0.2, 0.25) is 0 Å². The summed E-state index contributed by atoms with van der Waals surface area (Å²) in [6, 6.07) is 8.86. The molecule has 0 radical (unpaired) electrons. The molecule has 0 aromatic heterocycles. The van der Waals surface area contributed by atoms with E-state index in [1.807, 2.05) is 44.2 Å². The first-order valence-corrected chi connectivity index (χ1v) is 7.32. The van der Waals surface area contributed by atoms with Gasteiger partial charge in [-0.25, -0.2) is 4.39 Å². The molecule has 0 fully saturated rings. The minimum absolute atomic E-state index is 0.190. The second-order valence-corrected chi connectivity index (χ2v) is 6.60. The van der Waals surface area contributed by atoms with E-state index >= 15 is 0 Å². The molecule has 0 aliphatic carbocycles. The highest BCUT2D eigenvalue weighted by molar-refractivity contribution is 5.84. The smallest absolute Gasteiger partial charge is 0.238 e.